The van der Waals surface area contributed by atoms with E-state index < -0.39 is 0 Å². The Hall–Kier alpha value is -3.80. The predicted octanol–water partition coefficient (Wildman–Crippen LogP) is 6.17. The highest BCUT2D eigenvalue weighted by molar-refractivity contribution is 6.25. The van der Waals surface area contributed by atoms with Gasteiger partial charge in [0.15, 0.2) is 11.6 Å². The Bertz CT molecular complexity index is 1320. The lowest BCUT2D eigenvalue weighted by Gasteiger charge is -2.26. The minimum atomic E-state index is -0.119. The van der Waals surface area contributed by atoms with Crippen LogP contribution in [0.4, 0.5) is 5.69 Å². The summed E-state index contributed by atoms with van der Waals surface area (Å²) >= 11 is 0. The molecule has 1 N–H and O–H groups in total. The Balaban J connectivity index is 1.46. The minimum absolute atomic E-state index is 0.00429. The molecule has 35 heavy (non-hydrogen) atoms. The van der Waals surface area contributed by atoms with Crippen LogP contribution in [0.2, 0.25) is 0 Å². The largest absolute Gasteiger partial charge is 0.511 e. The zero-order valence-corrected chi connectivity index (χ0v) is 19.8. The van der Waals surface area contributed by atoms with Crippen molar-refractivity contribution in [2.24, 2.45) is 4.99 Å². The number of carbonyl (C=O) groups excluding carboxylic acids is 2. The number of ketones is 2. The Morgan fingerprint density at radius 2 is 1.80 bits per heavy atom. The summed E-state index contributed by atoms with van der Waals surface area (Å²) < 4.78 is 5.37. The Morgan fingerprint density at radius 1 is 1.03 bits per heavy atom. The topological polar surface area (TPSA) is 92.8 Å². The minimum Gasteiger partial charge on any atom is -0.511 e. The second kappa shape index (κ2) is 9.82. The number of carbonyl (C=O) groups is 2. The zero-order chi connectivity index (χ0) is 24.4. The molecular formula is C29H28N2O4. The molecule has 2 aliphatic rings. The van der Waals surface area contributed by atoms with E-state index in [-0.39, 0.29) is 29.7 Å². The van der Waals surface area contributed by atoms with Gasteiger partial charge < -0.3 is 9.63 Å². The van der Waals surface area contributed by atoms with Crippen molar-refractivity contribution >= 4 is 23.0 Å². The Morgan fingerprint density at radius 3 is 2.57 bits per heavy atom. The molecule has 1 aromatic heterocycles. The van der Waals surface area contributed by atoms with Gasteiger partial charge in [-0.1, -0.05) is 53.2 Å². The van der Waals surface area contributed by atoms with Gasteiger partial charge in [-0.05, 0) is 43.4 Å². The third kappa shape index (κ3) is 4.87. The molecule has 1 unspecified atom stereocenters. The molecule has 0 saturated heterocycles. The lowest BCUT2D eigenvalue weighted by Crippen LogP contribution is -2.26. The number of Topliss-reactive ketones (excluding diaryl/α,β-unsaturated/α-hetero) is 2. The molecule has 6 nitrogen and oxygen atoms in total. The number of aliphatic imine (C=N–C) groups is 1. The van der Waals surface area contributed by atoms with Gasteiger partial charge >= 0.3 is 0 Å². The average molecular weight is 469 g/mol. The van der Waals surface area contributed by atoms with Gasteiger partial charge in [0.25, 0.3) is 0 Å². The van der Waals surface area contributed by atoms with Crippen LogP contribution in [-0.2, 0) is 17.6 Å². The molecule has 1 fully saturated rings. The number of aryl methyl sites for hydroxylation is 3. The molecule has 0 bridgehead atoms. The first kappa shape index (κ1) is 23.0. The summed E-state index contributed by atoms with van der Waals surface area (Å²) in [5.41, 5.74) is 4.95. The van der Waals surface area contributed by atoms with E-state index in [1.54, 1.807) is 0 Å². The van der Waals surface area contributed by atoms with Crippen molar-refractivity contribution < 1.29 is 19.2 Å². The van der Waals surface area contributed by atoms with Crippen LogP contribution in [-0.4, -0.2) is 27.5 Å². The standard InChI is InChI=1S/C29H28N2O4/c1-18-10-12-21(13-11-18)30-23-16-20(19-6-3-2-4-7-19)17-26(34)28(23)25(33)15-14-22-29-24(32)8-5-9-27(29)35-31-22/h2-4,6-7,10-13,20,33H,5,8-9,14-17H2,1H3/b28-25+,30-23?. The third-order valence-corrected chi connectivity index (χ3v) is 6.82. The number of aliphatic hydroxyl groups is 1. The fraction of sp³-hybridized carbons (Fsp3) is 0.310. The third-order valence-electron chi connectivity index (χ3n) is 6.82. The monoisotopic (exact) mass is 468 g/mol. The van der Waals surface area contributed by atoms with E-state index in [0.29, 0.717) is 60.4 Å². The van der Waals surface area contributed by atoms with Gasteiger partial charge in [-0.25, -0.2) is 0 Å². The molecule has 1 heterocycles. The molecule has 0 radical (unpaired) electrons. The summed E-state index contributed by atoms with van der Waals surface area (Å²) in [7, 11) is 0. The normalized spacial score (nSPS) is 20.7. The second-order valence-corrected chi connectivity index (χ2v) is 9.36. The average Bonchev–Trinajstić information content (AvgIpc) is 3.29. The van der Waals surface area contributed by atoms with Gasteiger partial charge in [0, 0.05) is 32.1 Å². The summed E-state index contributed by atoms with van der Waals surface area (Å²) in [6.45, 7) is 2.01. The van der Waals surface area contributed by atoms with Crippen molar-refractivity contribution in [3.63, 3.8) is 0 Å². The molecule has 2 aliphatic carbocycles. The highest BCUT2D eigenvalue weighted by Gasteiger charge is 2.33. The van der Waals surface area contributed by atoms with Crippen LogP contribution >= 0.6 is 0 Å². The van der Waals surface area contributed by atoms with Crippen LogP contribution in [0.5, 0.6) is 0 Å². The number of aliphatic hydroxyl groups excluding tert-OH is 1. The molecule has 0 amide bonds. The first-order valence-corrected chi connectivity index (χ1v) is 12.1. The molecular weight excluding hydrogens is 440 g/mol. The first-order valence-electron chi connectivity index (χ1n) is 12.1. The van der Waals surface area contributed by atoms with Gasteiger partial charge in [-0.3, -0.25) is 14.6 Å². The van der Waals surface area contributed by atoms with Crippen molar-refractivity contribution in [1.82, 2.24) is 5.16 Å². The summed E-state index contributed by atoms with van der Waals surface area (Å²) in [6.07, 6.45) is 3.35. The number of nitrogens with zero attached hydrogens (tertiary/aromatic N) is 2. The highest BCUT2D eigenvalue weighted by Crippen LogP contribution is 2.35. The van der Waals surface area contributed by atoms with Crippen molar-refractivity contribution in [3.8, 4) is 0 Å². The maximum absolute atomic E-state index is 13.3. The SMILES string of the molecule is Cc1ccc(N=C2CC(c3ccccc3)CC(=O)/C2=C(/O)CCc2noc3c2C(=O)CCC3)cc1. The number of benzene rings is 2. The van der Waals surface area contributed by atoms with E-state index >= 15 is 0 Å². The van der Waals surface area contributed by atoms with Gasteiger partial charge in [0.1, 0.15) is 11.5 Å². The van der Waals surface area contributed by atoms with Gasteiger partial charge in [-0.15, -0.1) is 0 Å². The number of hydrogen-bond donors (Lipinski definition) is 1. The number of allylic oxidation sites excluding steroid dienone is 2. The van der Waals surface area contributed by atoms with E-state index in [0.717, 1.165) is 23.2 Å². The zero-order valence-electron chi connectivity index (χ0n) is 19.8. The summed E-state index contributed by atoms with van der Waals surface area (Å²) in [4.78, 5) is 30.5. The summed E-state index contributed by atoms with van der Waals surface area (Å²) in [6, 6.07) is 17.8. The number of hydrogen-bond acceptors (Lipinski definition) is 6. The van der Waals surface area contributed by atoms with Crippen LogP contribution in [0, 0.1) is 6.92 Å². The second-order valence-electron chi connectivity index (χ2n) is 9.36. The highest BCUT2D eigenvalue weighted by atomic mass is 16.5. The van der Waals surface area contributed by atoms with Crippen molar-refractivity contribution in [2.75, 3.05) is 0 Å². The maximum Gasteiger partial charge on any atom is 0.168 e. The van der Waals surface area contributed by atoms with Crippen molar-refractivity contribution in [1.29, 1.82) is 0 Å². The van der Waals surface area contributed by atoms with E-state index in [2.05, 4.69) is 5.16 Å². The van der Waals surface area contributed by atoms with Gasteiger partial charge in [0.05, 0.1) is 28.2 Å². The lowest BCUT2D eigenvalue weighted by atomic mass is 9.78. The van der Waals surface area contributed by atoms with Crippen LogP contribution < -0.4 is 0 Å². The van der Waals surface area contributed by atoms with Crippen molar-refractivity contribution in [3.05, 3.63) is 94.1 Å². The number of aromatic nitrogens is 1. The van der Waals surface area contributed by atoms with E-state index in [4.69, 9.17) is 9.52 Å². The maximum atomic E-state index is 13.3. The van der Waals surface area contributed by atoms with Crippen molar-refractivity contribution in [2.45, 2.75) is 57.8 Å². The molecule has 3 aromatic rings. The molecule has 178 valence electrons. The molecule has 2 aromatic carbocycles. The number of fused-ring (bicyclic) bond motifs is 1. The fourth-order valence-corrected chi connectivity index (χ4v) is 4.98. The van der Waals surface area contributed by atoms with Gasteiger partial charge in [0.2, 0.25) is 0 Å². The summed E-state index contributed by atoms with van der Waals surface area (Å²) in [5.74, 6) is 0.545. The van der Waals surface area contributed by atoms with E-state index in [1.165, 1.54) is 0 Å². The molecule has 1 atom stereocenters. The smallest absolute Gasteiger partial charge is 0.168 e. The number of rotatable bonds is 5. The molecule has 0 spiro atoms. The molecule has 0 aliphatic heterocycles. The first-order chi connectivity index (χ1) is 17.0. The molecule has 5 rings (SSSR count). The van der Waals surface area contributed by atoms with E-state index in [1.807, 2.05) is 61.5 Å². The van der Waals surface area contributed by atoms with E-state index in [9.17, 15) is 14.7 Å². The Labute approximate surface area is 204 Å². The quantitative estimate of drug-likeness (QED) is 0.357. The summed E-state index contributed by atoms with van der Waals surface area (Å²) in [5, 5.41) is 15.2. The van der Waals surface area contributed by atoms with Crippen LogP contribution in [0.15, 0.2) is 75.4 Å². The van der Waals surface area contributed by atoms with Crippen LogP contribution in [0.1, 0.15) is 71.0 Å². The van der Waals surface area contributed by atoms with Gasteiger partial charge in [-0.2, -0.15) is 0 Å². The van der Waals surface area contributed by atoms with Crippen LogP contribution in [0.25, 0.3) is 0 Å². The van der Waals surface area contributed by atoms with Crippen LogP contribution in [0.3, 0.4) is 0 Å². The molecule has 1 saturated carbocycles. The molecule has 6 heteroatoms. The fourth-order valence-electron chi connectivity index (χ4n) is 4.98. The Kier molecular flexibility index (Phi) is 6.45. The lowest BCUT2D eigenvalue weighted by molar-refractivity contribution is -0.116. The predicted molar refractivity (Wildman–Crippen MR) is 133 cm³/mol.